The Morgan fingerprint density at radius 2 is 1.80 bits per heavy atom. The van der Waals surface area contributed by atoms with Crippen molar-refractivity contribution in [3.63, 3.8) is 0 Å². The third-order valence-electron chi connectivity index (χ3n) is 3.09. The lowest BCUT2D eigenvalue weighted by Crippen LogP contribution is -2.11. The third-order valence-corrected chi connectivity index (χ3v) is 3.62. The number of aryl methyl sites for hydroxylation is 2. The van der Waals surface area contributed by atoms with E-state index in [1.54, 1.807) is 18.2 Å². The van der Waals surface area contributed by atoms with Gasteiger partial charge < -0.3 is 10.1 Å². The van der Waals surface area contributed by atoms with Crippen molar-refractivity contribution in [3.05, 3.63) is 57.6 Å². The first-order valence-electron chi connectivity index (χ1n) is 6.45. The zero-order valence-corrected chi connectivity index (χ0v) is 13.1. The summed E-state index contributed by atoms with van der Waals surface area (Å²) in [6.45, 7) is 5.45. The molecule has 0 unspecified atom stereocenters. The minimum atomic E-state index is 0.531. The number of hydrogen-bond acceptors (Lipinski definition) is 2. The van der Waals surface area contributed by atoms with Gasteiger partial charge in [-0.15, -0.1) is 0 Å². The summed E-state index contributed by atoms with van der Waals surface area (Å²) in [6, 6.07) is 11.5. The van der Waals surface area contributed by atoms with Crippen LogP contribution < -0.4 is 10.1 Å². The Labute approximate surface area is 129 Å². The third kappa shape index (κ3) is 4.06. The smallest absolute Gasteiger partial charge is 0.138 e. The van der Waals surface area contributed by atoms with Crippen LogP contribution in [0.5, 0.6) is 5.75 Å². The summed E-state index contributed by atoms with van der Waals surface area (Å²) in [6.07, 6.45) is 0. The number of ether oxygens (including phenoxy) is 1. The van der Waals surface area contributed by atoms with Gasteiger partial charge in [0, 0.05) is 17.3 Å². The van der Waals surface area contributed by atoms with E-state index in [9.17, 15) is 0 Å². The Hall–Kier alpha value is -1.38. The maximum atomic E-state index is 6.03. The molecule has 0 saturated carbocycles. The van der Waals surface area contributed by atoms with E-state index in [1.807, 2.05) is 0 Å². The fraction of sp³-hybridized carbons (Fsp3) is 0.250. The zero-order chi connectivity index (χ0) is 14.5. The summed E-state index contributed by atoms with van der Waals surface area (Å²) in [5, 5.41) is 4.46. The molecule has 0 aliphatic rings. The van der Waals surface area contributed by atoms with E-state index in [4.69, 9.17) is 27.9 Å². The van der Waals surface area contributed by atoms with Crippen LogP contribution in [-0.4, -0.2) is 13.2 Å². The van der Waals surface area contributed by atoms with Gasteiger partial charge in [-0.25, -0.2) is 0 Å². The highest BCUT2D eigenvalue weighted by atomic mass is 35.5. The first-order valence-corrected chi connectivity index (χ1v) is 7.21. The molecule has 0 heterocycles. The minimum absolute atomic E-state index is 0.531. The number of rotatable bonds is 5. The molecular weight excluding hydrogens is 293 g/mol. The number of hydrogen-bond donors (Lipinski definition) is 1. The van der Waals surface area contributed by atoms with Gasteiger partial charge in [0.15, 0.2) is 0 Å². The van der Waals surface area contributed by atoms with E-state index in [0.29, 0.717) is 28.9 Å². The molecule has 0 atom stereocenters. The van der Waals surface area contributed by atoms with E-state index >= 15 is 0 Å². The zero-order valence-electron chi connectivity index (χ0n) is 11.5. The van der Waals surface area contributed by atoms with Crippen LogP contribution in [0.2, 0.25) is 10.0 Å². The van der Waals surface area contributed by atoms with Crippen LogP contribution in [0, 0.1) is 13.8 Å². The van der Waals surface area contributed by atoms with Crippen molar-refractivity contribution >= 4 is 28.9 Å². The van der Waals surface area contributed by atoms with E-state index in [1.165, 1.54) is 11.1 Å². The molecule has 0 amide bonds. The number of anilines is 1. The Balaban J connectivity index is 1.82. The first-order chi connectivity index (χ1) is 9.56. The van der Waals surface area contributed by atoms with Gasteiger partial charge in [0.05, 0.1) is 5.02 Å². The molecule has 2 aromatic carbocycles. The summed E-state index contributed by atoms with van der Waals surface area (Å²) in [5.41, 5.74) is 3.66. The van der Waals surface area contributed by atoms with Gasteiger partial charge in [0.1, 0.15) is 12.4 Å². The molecule has 4 heteroatoms. The molecule has 2 rings (SSSR count). The average Bonchev–Trinajstić information content (AvgIpc) is 2.40. The molecule has 106 valence electrons. The quantitative estimate of drug-likeness (QED) is 0.776. The molecule has 2 nitrogen and oxygen atoms in total. The fourth-order valence-corrected chi connectivity index (χ4v) is 2.26. The van der Waals surface area contributed by atoms with Crippen molar-refractivity contribution in [1.82, 2.24) is 0 Å². The largest absolute Gasteiger partial charge is 0.490 e. The fourth-order valence-electron chi connectivity index (χ4n) is 1.80. The Morgan fingerprint density at radius 1 is 1.00 bits per heavy atom. The number of benzene rings is 2. The second-order valence-corrected chi connectivity index (χ2v) is 5.49. The van der Waals surface area contributed by atoms with Gasteiger partial charge in [-0.3, -0.25) is 0 Å². The SMILES string of the molecule is Cc1ccc(NCCOc2ccc(Cl)cc2Cl)cc1C. The lowest BCUT2D eigenvalue weighted by Gasteiger charge is -2.11. The summed E-state index contributed by atoms with van der Waals surface area (Å²) >= 11 is 11.9. The standard InChI is InChI=1S/C16H17Cl2NO/c1-11-3-5-14(9-12(11)2)19-7-8-20-16-6-4-13(17)10-15(16)18/h3-6,9-10,19H,7-8H2,1-2H3. The monoisotopic (exact) mass is 309 g/mol. The van der Waals surface area contributed by atoms with Gasteiger partial charge in [0.2, 0.25) is 0 Å². The molecule has 0 aromatic heterocycles. The molecular formula is C16H17Cl2NO. The summed E-state index contributed by atoms with van der Waals surface area (Å²) in [4.78, 5) is 0. The molecule has 0 radical (unpaired) electrons. The van der Waals surface area contributed by atoms with Crippen LogP contribution >= 0.6 is 23.2 Å². The summed E-state index contributed by atoms with van der Waals surface area (Å²) in [5.74, 6) is 0.651. The van der Waals surface area contributed by atoms with E-state index in [-0.39, 0.29) is 0 Å². The van der Waals surface area contributed by atoms with Crippen LogP contribution in [-0.2, 0) is 0 Å². The lowest BCUT2D eigenvalue weighted by molar-refractivity contribution is 0.333. The lowest BCUT2D eigenvalue weighted by atomic mass is 10.1. The predicted molar refractivity (Wildman–Crippen MR) is 86.4 cm³/mol. The van der Waals surface area contributed by atoms with Gasteiger partial charge in [-0.05, 0) is 55.3 Å². The van der Waals surface area contributed by atoms with Gasteiger partial charge in [0.25, 0.3) is 0 Å². The van der Waals surface area contributed by atoms with Crippen molar-refractivity contribution in [1.29, 1.82) is 0 Å². The van der Waals surface area contributed by atoms with E-state index < -0.39 is 0 Å². The average molecular weight is 310 g/mol. The highest BCUT2D eigenvalue weighted by Crippen LogP contribution is 2.27. The number of nitrogens with one attached hydrogen (secondary N) is 1. The Bertz CT molecular complexity index is 599. The normalized spacial score (nSPS) is 10.4. The second kappa shape index (κ2) is 6.87. The van der Waals surface area contributed by atoms with Crippen molar-refractivity contribution < 1.29 is 4.74 Å². The van der Waals surface area contributed by atoms with Crippen molar-refractivity contribution in [2.24, 2.45) is 0 Å². The molecule has 0 fully saturated rings. The van der Waals surface area contributed by atoms with Crippen molar-refractivity contribution in [2.45, 2.75) is 13.8 Å². The molecule has 20 heavy (non-hydrogen) atoms. The van der Waals surface area contributed by atoms with Gasteiger partial charge >= 0.3 is 0 Å². The van der Waals surface area contributed by atoms with E-state index in [2.05, 4.69) is 37.4 Å². The van der Waals surface area contributed by atoms with Crippen LogP contribution in [0.15, 0.2) is 36.4 Å². The minimum Gasteiger partial charge on any atom is -0.490 e. The van der Waals surface area contributed by atoms with Crippen molar-refractivity contribution in [2.75, 3.05) is 18.5 Å². The van der Waals surface area contributed by atoms with Crippen LogP contribution in [0.4, 0.5) is 5.69 Å². The Morgan fingerprint density at radius 3 is 2.50 bits per heavy atom. The van der Waals surface area contributed by atoms with E-state index in [0.717, 1.165) is 5.69 Å². The highest BCUT2D eigenvalue weighted by Gasteiger charge is 2.02. The van der Waals surface area contributed by atoms with Crippen LogP contribution in [0.25, 0.3) is 0 Å². The predicted octanol–water partition coefficient (Wildman–Crippen LogP) is 5.10. The highest BCUT2D eigenvalue weighted by molar-refractivity contribution is 6.35. The number of halogens is 2. The topological polar surface area (TPSA) is 21.3 Å². The van der Waals surface area contributed by atoms with Crippen LogP contribution in [0.1, 0.15) is 11.1 Å². The van der Waals surface area contributed by atoms with Gasteiger partial charge in [-0.1, -0.05) is 29.3 Å². The molecule has 0 saturated heterocycles. The maximum absolute atomic E-state index is 6.03. The van der Waals surface area contributed by atoms with Crippen molar-refractivity contribution in [3.8, 4) is 5.75 Å². The first kappa shape index (κ1) is 15.0. The molecule has 1 N–H and O–H groups in total. The molecule has 2 aromatic rings. The second-order valence-electron chi connectivity index (χ2n) is 4.65. The molecule has 0 aliphatic carbocycles. The molecule has 0 aliphatic heterocycles. The summed E-state index contributed by atoms with van der Waals surface area (Å²) in [7, 11) is 0. The molecule has 0 spiro atoms. The maximum Gasteiger partial charge on any atom is 0.138 e. The Kier molecular flexibility index (Phi) is 5.16. The summed E-state index contributed by atoms with van der Waals surface area (Å²) < 4.78 is 5.61. The molecule has 0 bridgehead atoms. The van der Waals surface area contributed by atoms with Gasteiger partial charge in [-0.2, -0.15) is 0 Å². The van der Waals surface area contributed by atoms with Crippen LogP contribution in [0.3, 0.4) is 0 Å².